The van der Waals surface area contributed by atoms with Gasteiger partial charge in [0.05, 0.1) is 16.9 Å². The van der Waals surface area contributed by atoms with Crippen molar-refractivity contribution in [2.24, 2.45) is 0 Å². The third-order valence-electron chi connectivity index (χ3n) is 5.79. The van der Waals surface area contributed by atoms with Gasteiger partial charge in [-0.25, -0.2) is 9.37 Å². The molecule has 2 aromatic carbocycles. The molecule has 188 valence electrons. The molecule has 11 heteroatoms. The molecule has 9 nitrogen and oxygen atoms in total. The van der Waals surface area contributed by atoms with Crippen LogP contribution >= 0.6 is 11.6 Å². The van der Waals surface area contributed by atoms with Gasteiger partial charge in [-0.15, -0.1) is 0 Å². The summed E-state index contributed by atoms with van der Waals surface area (Å²) in [6.45, 7) is 3.65. The number of likely N-dealkylation sites (tertiary alicyclic amines) is 1. The number of H-pyrrole nitrogens is 1. The lowest BCUT2D eigenvalue weighted by Crippen LogP contribution is -2.30. The lowest BCUT2D eigenvalue weighted by molar-refractivity contribution is 0.0933. The van der Waals surface area contributed by atoms with Gasteiger partial charge >= 0.3 is 0 Å². The summed E-state index contributed by atoms with van der Waals surface area (Å²) in [6, 6.07) is 9.86. The Hall–Kier alpha value is -3.76. The van der Waals surface area contributed by atoms with Crippen LogP contribution in [0.3, 0.4) is 0 Å². The second-order valence-corrected chi connectivity index (χ2v) is 8.80. The molecule has 0 atom stereocenters. The molecule has 1 aliphatic rings. The number of benzene rings is 2. The number of rotatable bonds is 9. The first kappa shape index (κ1) is 25.3. The van der Waals surface area contributed by atoms with Gasteiger partial charge in [0, 0.05) is 17.9 Å². The summed E-state index contributed by atoms with van der Waals surface area (Å²) >= 11 is 5.93. The molecule has 3 amide bonds. The molecule has 1 saturated heterocycles. The van der Waals surface area contributed by atoms with Crippen LogP contribution in [-0.4, -0.2) is 58.8 Å². The smallest absolute Gasteiger partial charge is 0.276 e. The van der Waals surface area contributed by atoms with Gasteiger partial charge in [0.25, 0.3) is 17.7 Å². The predicted octanol–water partition coefficient (Wildman–Crippen LogP) is 3.92. The first-order valence-corrected chi connectivity index (χ1v) is 12.0. The maximum Gasteiger partial charge on any atom is 0.276 e. The minimum atomic E-state index is -0.548. The number of hydrogen-bond acceptors (Lipinski definition) is 5. The van der Waals surface area contributed by atoms with E-state index in [1.807, 2.05) is 0 Å². The summed E-state index contributed by atoms with van der Waals surface area (Å²) in [7, 11) is 0. The largest absolute Gasteiger partial charge is 0.351 e. The number of hydrogen-bond donors (Lipinski definition) is 4. The molecule has 0 saturated carbocycles. The average Bonchev–Trinajstić information content (AvgIpc) is 3.55. The fourth-order valence-corrected chi connectivity index (χ4v) is 4.19. The van der Waals surface area contributed by atoms with E-state index in [9.17, 15) is 18.8 Å². The van der Waals surface area contributed by atoms with Gasteiger partial charge in [-0.2, -0.15) is 0 Å². The first-order chi connectivity index (χ1) is 17.4. The van der Waals surface area contributed by atoms with E-state index in [-0.39, 0.29) is 22.0 Å². The van der Waals surface area contributed by atoms with Crippen LogP contribution in [0.2, 0.25) is 5.02 Å². The van der Waals surface area contributed by atoms with Crippen LogP contribution in [0.5, 0.6) is 0 Å². The third kappa shape index (κ3) is 6.46. The van der Waals surface area contributed by atoms with Crippen molar-refractivity contribution in [1.29, 1.82) is 0 Å². The molecule has 1 aliphatic heterocycles. The van der Waals surface area contributed by atoms with Crippen molar-refractivity contribution in [1.82, 2.24) is 20.2 Å². The summed E-state index contributed by atoms with van der Waals surface area (Å²) in [5, 5.41) is 8.18. The fraction of sp³-hybridized carbons (Fsp3) is 0.280. The molecule has 0 spiro atoms. The lowest BCUT2D eigenvalue weighted by atomic mass is 10.2. The Morgan fingerprint density at radius 2 is 1.64 bits per heavy atom. The lowest BCUT2D eigenvalue weighted by Gasteiger charge is -2.14. The Bertz CT molecular complexity index is 1240. The van der Waals surface area contributed by atoms with Gasteiger partial charge in [0.15, 0.2) is 5.69 Å². The van der Waals surface area contributed by atoms with Crippen molar-refractivity contribution in [3.8, 4) is 0 Å². The minimum absolute atomic E-state index is 0.00168. The maximum atomic E-state index is 13.2. The predicted molar refractivity (Wildman–Crippen MR) is 135 cm³/mol. The van der Waals surface area contributed by atoms with Crippen LogP contribution in [0, 0.1) is 5.82 Å². The molecular weight excluding hydrogens is 487 g/mol. The summed E-state index contributed by atoms with van der Waals surface area (Å²) in [6.07, 6.45) is 4.58. The third-order valence-corrected chi connectivity index (χ3v) is 6.11. The SMILES string of the molecule is O=C(Nc1ccc(NC(=O)c2nc[nH]c2C(=O)NCCCN2CCCC2)cc1)c1ccc(F)cc1Cl. The van der Waals surface area contributed by atoms with Crippen LogP contribution in [-0.2, 0) is 0 Å². The molecular formula is C25H26ClFN6O3. The van der Waals surface area contributed by atoms with Gasteiger partial charge in [-0.3, -0.25) is 14.4 Å². The van der Waals surface area contributed by atoms with Crippen molar-refractivity contribution < 1.29 is 18.8 Å². The number of nitrogens with one attached hydrogen (secondary N) is 4. The van der Waals surface area contributed by atoms with E-state index in [1.54, 1.807) is 24.3 Å². The summed E-state index contributed by atoms with van der Waals surface area (Å²) in [5.41, 5.74) is 1.10. The van der Waals surface area contributed by atoms with E-state index >= 15 is 0 Å². The van der Waals surface area contributed by atoms with Crippen LogP contribution in [0.15, 0.2) is 48.8 Å². The second kappa shape index (κ2) is 11.8. The molecule has 1 aromatic heterocycles. The fourth-order valence-electron chi connectivity index (χ4n) is 3.94. The molecule has 0 unspecified atom stereocenters. The molecule has 3 aromatic rings. The molecule has 0 radical (unpaired) electrons. The Balaban J connectivity index is 1.30. The highest BCUT2D eigenvalue weighted by Gasteiger charge is 2.20. The zero-order chi connectivity index (χ0) is 25.5. The number of amides is 3. The van der Waals surface area contributed by atoms with Gasteiger partial charge in [-0.1, -0.05) is 11.6 Å². The Morgan fingerprint density at radius 3 is 2.31 bits per heavy atom. The zero-order valence-electron chi connectivity index (χ0n) is 19.4. The molecule has 36 heavy (non-hydrogen) atoms. The van der Waals surface area contributed by atoms with Gasteiger partial charge in [-0.05, 0) is 81.4 Å². The van der Waals surface area contributed by atoms with E-state index in [2.05, 4.69) is 30.8 Å². The maximum absolute atomic E-state index is 13.2. The zero-order valence-corrected chi connectivity index (χ0v) is 20.2. The molecule has 2 heterocycles. The highest BCUT2D eigenvalue weighted by molar-refractivity contribution is 6.34. The van der Waals surface area contributed by atoms with Gasteiger partial charge in [0.2, 0.25) is 0 Å². The van der Waals surface area contributed by atoms with E-state index in [0.717, 1.165) is 38.2 Å². The topological polar surface area (TPSA) is 119 Å². The number of nitrogens with zero attached hydrogens (tertiary/aromatic N) is 2. The molecule has 0 bridgehead atoms. The molecule has 0 aliphatic carbocycles. The van der Waals surface area contributed by atoms with Crippen molar-refractivity contribution in [3.05, 3.63) is 76.6 Å². The van der Waals surface area contributed by atoms with E-state index < -0.39 is 23.5 Å². The molecule has 4 N–H and O–H groups in total. The Labute approximate surface area is 212 Å². The van der Waals surface area contributed by atoms with Gasteiger partial charge in [0.1, 0.15) is 11.5 Å². The van der Waals surface area contributed by atoms with Crippen LogP contribution in [0.4, 0.5) is 15.8 Å². The number of aromatic nitrogens is 2. The summed E-state index contributed by atoms with van der Waals surface area (Å²) < 4.78 is 13.2. The second-order valence-electron chi connectivity index (χ2n) is 8.39. The Morgan fingerprint density at radius 1 is 0.972 bits per heavy atom. The highest BCUT2D eigenvalue weighted by Crippen LogP contribution is 2.20. The van der Waals surface area contributed by atoms with Gasteiger partial charge < -0.3 is 25.8 Å². The standard InChI is InChI=1S/C25H26ClFN6O3/c26-20-14-16(27)4-9-19(20)23(34)31-17-5-7-18(8-6-17)32-25(36)22-21(29-15-30-22)24(35)28-10-3-13-33-11-1-2-12-33/h4-9,14-15H,1-3,10-13H2,(H,28,35)(H,29,30)(H,31,34)(H,32,36). The van der Waals surface area contributed by atoms with Crippen LogP contribution in [0.25, 0.3) is 0 Å². The Kier molecular flexibility index (Phi) is 8.29. The monoisotopic (exact) mass is 512 g/mol. The van der Waals surface area contributed by atoms with E-state index in [4.69, 9.17) is 11.6 Å². The van der Waals surface area contributed by atoms with E-state index in [0.29, 0.717) is 17.9 Å². The molecule has 4 rings (SSSR count). The number of carbonyl (C=O) groups is 3. The quantitative estimate of drug-likeness (QED) is 0.324. The van der Waals surface area contributed by atoms with Crippen LogP contribution in [0.1, 0.15) is 50.6 Å². The van der Waals surface area contributed by atoms with E-state index in [1.165, 1.54) is 25.2 Å². The summed E-state index contributed by atoms with van der Waals surface area (Å²) in [5.74, 6) is -1.97. The number of halogens is 2. The number of anilines is 2. The van der Waals surface area contributed by atoms with Crippen molar-refractivity contribution >= 4 is 40.7 Å². The summed E-state index contributed by atoms with van der Waals surface area (Å²) in [4.78, 5) is 46.7. The highest BCUT2D eigenvalue weighted by atomic mass is 35.5. The van der Waals surface area contributed by atoms with Crippen molar-refractivity contribution in [2.75, 3.05) is 36.8 Å². The molecule has 1 fully saturated rings. The number of carbonyl (C=O) groups excluding carboxylic acids is 3. The first-order valence-electron chi connectivity index (χ1n) is 11.6. The minimum Gasteiger partial charge on any atom is -0.351 e. The van der Waals surface area contributed by atoms with Crippen molar-refractivity contribution in [2.45, 2.75) is 19.3 Å². The number of imidazole rings is 1. The van der Waals surface area contributed by atoms with Crippen LogP contribution < -0.4 is 16.0 Å². The number of aromatic amines is 1. The van der Waals surface area contributed by atoms with Crippen molar-refractivity contribution in [3.63, 3.8) is 0 Å². The normalized spacial score (nSPS) is 13.4. The average molecular weight is 513 g/mol.